The first-order chi connectivity index (χ1) is 9.87. The van der Waals surface area contributed by atoms with E-state index in [1.807, 2.05) is 25.7 Å². The Balaban J connectivity index is 1.87. The lowest BCUT2D eigenvalue weighted by Gasteiger charge is -2.37. The zero-order valence-corrected chi connectivity index (χ0v) is 13.9. The summed E-state index contributed by atoms with van der Waals surface area (Å²) in [5.74, 6) is 0.726. The molecule has 5 nitrogen and oxygen atoms in total. The summed E-state index contributed by atoms with van der Waals surface area (Å²) in [4.78, 5) is 14.1. The normalized spacial score (nSPS) is 30.5. The molecule has 1 amide bonds. The molecular formula is C16H30N2O3. The molecule has 1 heterocycles. The van der Waals surface area contributed by atoms with Gasteiger partial charge in [-0.25, -0.2) is 4.79 Å². The van der Waals surface area contributed by atoms with Gasteiger partial charge in [-0.15, -0.1) is 0 Å². The Kier molecular flexibility index (Phi) is 5.49. The standard InChI is InChI=1S/C16H30N2O3/c1-12-6-5-7-14(12)17-10-13-11-20-9-8-18(13)15(19)21-16(2,3)4/h12-14,17H,5-11H2,1-4H3. The van der Waals surface area contributed by atoms with E-state index in [1.165, 1.54) is 19.3 Å². The largest absolute Gasteiger partial charge is 0.444 e. The average molecular weight is 298 g/mol. The van der Waals surface area contributed by atoms with Crippen molar-refractivity contribution in [3.8, 4) is 0 Å². The number of carbonyl (C=O) groups excluding carboxylic acids is 1. The molecule has 0 aromatic heterocycles. The molecule has 0 radical (unpaired) electrons. The van der Waals surface area contributed by atoms with Crippen LogP contribution in [0.2, 0.25) is 0 Å². The van der Waals surface area contributed by atoms with Gasteiger partial charge in [0.25, 0.3) is 0 Å². The summed E-state index contributed by atoms with van der Waals surface area (Å²) in [6, 6.07) is 0.647. The Hall–Kier alpha value is -0.810. The third kappa shape index (κ3) is 4.85. The molecule has 1 saturated carbocycles. The Morgan fingerprint density at radius 1 is 1.38 bits per heavy atom. The number of rotatable bonds is 3. The maximum Gasteiger partial charge on any atom is 0.410 e. The van der Waals surface area contributed by atoms with Crippen LogP contribution < -0.4 is 5.32 Å². The summed E-state index contributed by atoms with van der Waals surface area (Å²) in [5, 5.41) is 3.62. The van der Waals surface area contributed by atoms with Crippen molar-refractivity contribution in [1.82, 2.24) is 10.2 Å². The maximum absolute atomic E-state index is 12.3. The molecule has 5 heteroatoms. The molecule has 1 aliphatic carbocycles. The van der Waals surface area contributed by atoms with Gasteiger partial charge in [0.1, 0.15) is 5.60 Å². The minimum Gasteiger partial charge on any atom is -0.444 e. The van der Waals surface area contributed by atoms with Crippen molar-refractivity contribution in [3.05, 3.63) is 0 Å². The first-order valence-electron chi connectivity index (χ1n) is 8.17. The van der Waals surface area contributed by atoms with Gasteiger partial charge in [0, 0.05) is 19.1 Å². The van der Waals surface area contributed by atoms with Gasteiger partial charge >= 0.3 is 6.09 Å². The number of nitrogens with one attached hydrogen (secondary N) is 1. The second-order valence-electron chi connectivity index (χ2n) is 7.33. The number of carbonyl (C=O) groups is 1. The fourth-order valence-corrected chi connectivity index (χ4v) is 3.12. The molecular weight excluding hydrogens is 268 g/mol. The number of hydrogen-bond acceptors (Lipinski definition) is 4. The molecule has 3 unspecified atom stereocenters. The zero-order chi connectivity index (χ0) is 15.5. The van der Waals surface area contributed by atoms with Gasteiger partial charge in [0.05, 0.1) is 19.3 Å². The molecule has 122 valence electrons. The van der Waals surface area contributed by atoms with Crippen LogP contribution in [0, 0.1) is 5.92 Å². The van der Waals surface area contributed by atoms with E-state index in [2.05, 4.69) is 12.2 Å². The van der Waals surface area contributed by atoms with E-state index in [0.29, 0.717) is 25.8 Å². The Bertz CT molecular complexity index is 354. The van der Waals surface area contributed by atoms with E-state index >= 15 is 0 Å². The predicted octanol–water partition coefficient (Wildman–Crippen LogP) is 2.40. The highest BCUT2D eigenvalue weighted by atomic mass is 16.6. The third-order valence-electron chi connectivity index (χ3n) is 4.33. The quantitative estimate of drug-likeness (QED) is 0.869. The van der Waals surface area contributed by atoms with E-state index in [0.717, 1.165) is 12.5 Å². The fraction of sp³-hybridized carbons (Fsp3) is 0.938. The average Bonchev–Trinajstić information content (AvgIpc) is 2.80. The first-order valence-corrected chi connectivity index (χ1v) is 8.17. The molecule has 1 saturated heterocycles. The summed E-state index contributed by atoms with van der Waals surface area (Å²) < 4.78 is 11.0. The number of nitrogens with zero attached hydrogens (tertiary/aromatic N) is 1. The fourth-order valence-electron chi connectivity index (χ4n) is 3.12. The first kappa shape index (κ1) is 16.6. The van der Waals surface area contributed by atoms with Crippen LogP contribution in [0.25, 0.3) is 0 Å². The van der Waals surface area contributed by atoms with E-state index in [9.17, 15) is 4.79 Å². The molecule has 0 aromatic carbocycles. The van der Waals surface area contributed by atoms with E-state index in [4.69, 9.17) is 9.47 Å². The lowest BCUT2D eigenvalue weighted by molar-refractivity contribution is -0.0323. The third-order valence-corrected chi connectivity index (χ3v) is 4.33. The lowest BCUT2D eigenvalue weighted by Crippen LogP contribution is -2.55. The van der Waals surface area contributed by atoms with Gasteiger partial charge in [0.15, 0.2) is 0 Å². The highest BCUT2D eigenvalue weighted by Gasteiger charge is 2.32. The van der Waals surface area contributed by atoms with Crippen LogP contribution in [-0.2, 0) is 9.47 Å². The molecule has 0 bridgehead atoms. The van der Waals surface area contributed by atoms with Crippen molar-refractivity contribution in [3.63, 3.8) is 0 Å². The summed E-state index contributed by atoms with van der Waals surface area (Å²) in [5.41, 5.74) is -0.451. The molecule has 2 fully saturated rings. The zero-order valence-electron chi connectivity index (χ0n) is 13.9. The van der Waals surface area contributed by atoms with Crippen LogP contribution in [0.1, 0.15) is 47.0 Å². The van der Waals surface area contributed by atoms with Crippen molar-refractivity contribution in [2.24, 2.45) is 5.92 Å². The number of hydrogen-bond donors (Lipinski definition) is 1. The second kappa shape index (κ2) is 6.97. The maximum atomic E-state index is 12.3. The Morgan fingerprint density at radius 2 is 2.14 bits per heavy atom. The van der Waals surface area contributed by atoms with Crippen molar-refractivity contribution in [2.45, 2.75) is 64.6 Å². The van der Waals surface area contributed by atoms with Crippen molar-refractivity contribution in [1.29, 1.82) is 0 Å². The monoisotopic (exact) mass is 298 g/mol. The summed E-state index contributed by atoms with van der Waals surface area (Å²) >= 11 is 0. The minimum atomic E-state index is -0.451. The number of amides is 1. The topological polar surface area (TPSA) is 50.8 Å². The Morgan fingerprint density at radius 3 is 2.76 bits per heavy atom. The molecule has 3 atom stereocenters. The van der Waals surface area contributed by atoms with E-state index in [-0.39, 0.29) is 12.1 Å². The lowest BCUT2D eigenvalue weighted by atomic mass is 10.1. The van der Waals surface area contributed by atoms with Crippen LogP contribution >= 0.6 is 0 Å². The van der Waals surface area contributed by atoms with Crippen molar-refractivity contribution in [2.75, 3.05) is 26.3 Å². The highest BCUT2D eigenvalue weighted by Crippen LogP contribution is 2.25. The van der Waals surface area contributed by atoms with Gasteiger partial charge in [-0.05, 0) is 39.5 Å². The smallest absolute Gasteiger partial charge is 0.410 e. The molecule has 21 heavy (non-hydrogen) atoms. The van der Waals surface area contributed by atoms with E-state index < -0.39 is 5.60 Å². The number of morpholine rings is 1. The molecule has 2 rings (SSSR count). The van der Waals surface area contributed by atoms with Gasteiger partial charge in [0.2, 0.25) is 0 Å². The highest BCUT2D eigenvalue weighted by molar-refractivity contribution is 5.68. The van der Waals surface area contributed by atoms with Crippen LogP contribution in [0.3, 0.4) is 0 Å². The Labute approximate surface area is 128 Å². The van der Waals surface area contributed by atoms with Crippen LogP contribution in [-0.4, -0.2) is 55.0 Å². The van der Waals surface area contributed by atoms with Gasteiger partial charge in [-0.3, -0.25) is 4.90 Å². The second-order valence-corrected chi connectivity index (χ2v) is 7.33. The molecule has 2 aliphatic rings. The SMILES string of the molecule is CC1CCCC1NCC1COCCN1C(=O)OC(C)(C)C. The number of ether oxygens (including phenoxy) is 2. The molecule has 1 aliphatic heterocycles. The summed E-state index contributed by atoms with van der Waals surface area (Å²) in [6.45, 7) is 10.6. The van der Waals surface area contributed by atoms with Crippen LogP contribution in [0.15, 0.2) is 0 Å². The summed E-state index contributed by atoms with van der Waals surface area (Å²) in [7, 11) is 0. The van der Waals surface area contributed by atoms with Crippen LogP contribution in [0.5, 0.6) is 0 Å². The minimum absolute atomic E-state index is 0.0707. The van der Waals surface area contributed by atoms with E-state index in [1.54, 1.807) is 0 Å². The molecule has 0 spiro atoms. The van der Waals surface area contributed by atoms with Gasteiger partial charge in [-0.1, -0.05) is 13.3 Å². The van der Waals surface area contributed by atoms with Gasteiger partial charge in [-0.2, -0.15) is 0 Å². The molecule has 1 N–H and O–H groups in total. The van der Waals surface area contributed by atoms with Crippen molar-refractivity contribution >= 4 is 6.09 Å². The predicted molar refractivity (Wildman–Crippen MR) is 82.4 cm³/mol. The summed E-state index contributed by atoms with van der Waals surface area (Å²) in [6.07, 6.45) is 3.61. The van der Waals surface area contributed by atoms with Gasteiger partial charge < -0.3 is 14.8 Å². The molecule has 0 aromatic rings. The van der Waals surface area contributed by atoms with Crippen molar-refractivity contribution < 1.29 is 14.3 Å². The van der Waals surface area contributed by atoms with Crippen LogP contribution in [0.4, 0.5) is 4.79 Å².